The van der Waals surface area contributed by atoms with Crippen molar-refractivity contribution < 1.29 is 4.42 Å². The van der Waals surface area contributed by atoms with Crippen molar-refractivity contribution in [1.29, 1.82) is 0 Å². The van der Waals surface area contributed by atoms with Crippen LogP contribution >= 0.6 is 0 Å². The fraction of sp³-hybridized carbons (Fsp3) is 0.237. The lowest BCUT2D eigenvalue weighted by molar-refractivity contribution is 0.0991. The van der Waals surface area contributed by atoms with Crippen molar-refractivity contribution in [3.05, 3.63) is 115 Å². The normalized spacial score (nSPS) is 20.4. The smallest absolute Gasteiger partial charge is 0.144 e. The van der Waals surface area contributed by atoms with Crippen molar-refractivity contribution in [2.45, 2.75) is 38.5 Å². The van der Waals surface area contributed by atoms with E-state index in [9.17, 15) is 0 Å². The summed E-state index contributed by atoms with van der Waals surface area (Å²) in [7, 11) is 0. The zero-order valence-corrected chi connectivity index (χ0v) is 22.7. The van der Waals surface area contributed by atoms with Gasteiger partial charge < -0.3 is 4.42 Å². The highest BCUT2D eigenvalue weighted by Crippen LogP contribution is 2.46. The maximum atomic E-state index is 6.61. The molecule has 3 aliphatic rings. The highest BCUT2D eigenvalue weighted by molar-refractivity contribution is 6.15. The fourth-order valence-corrected chi connectivity index (χ4v) is 7.60. The minimum Gasteiger partial charge on any atom is -0.455 e. The Morgan fingerprint density at radius 1 is 0.675 bits per heavy atom. The summed E-state index contributed by atoms with van der Waals surface area (Å²) in [6.07, 6.45) is 10.4. The Morgan fingerprint density at radius 2 is 1.45 bits per heavy atom. The zero-order chi connectivity index (χ0) is 26.5. The van der Waals surface area contributed by atoms with Crippen LogP contribution in [0, 0.1) is 17.8 Å². The molecule has 6 aromatic rings. The summed E-state index contributed by atoms with van der Waals surface area (Å²) in [6, 6.07) is 36.9. The number of fused-ring (bicyclic) bond motifs is 6. The molecule has 40 heavy (non-hydrogen) atoms. The third-order valence-electron chi connectivity index (χ3n) is 9.60. The Balaban J connectivity index is 1.20. The summed E-state index contributed by atoms with van der Waals surface area (Å²) in [5.74, 6) is 2.71. The van der Waals surface area contributed by atoms with Crippen LogP contribution in [0.4, 0.5) is 0 Å². The van der Waals surface area contributed by atoms with Gasteiger partial charge in [-0.15, -0.1) is 0 Å². The van der Waals surface area contributed by atoms with Gasteiger partial charge in [0.15, 0.2) is 0 Å². The van der Waals surface area contributed by atoms with E-state index in [0.29, 0.717) is 0 Å². The van der Waals surface area contributed by atoms with Gasteiger partial charge in [0.2, 0.25) is 0 Å². The average Bonchev–Trinajstić information content (AvgIpc) is 3.42. The fourth-order valence-electron chi connectivity index (χ4n) is 7.60. The number of rotatable bonds is 5. The molecule has 1 atom stereocenters. The number of nitrogens with zero attached hydrogens (tertiary/aromatic N) is 1. The molecule has 1 unspecified atom stereocenters. The first kappa shape index (κ1) is 23.7. The molecule has 0 amide bonds. The first-order valence-corrected chi connectivity index (χ1v) is 14.9. The Morgan fingerprint density at radius 3 is 2.30 bits per heavy atom. The van der Waals surface area contributed by atoms with E-state index >= 15 is 0 Å². The molecular weight excluding hydrogens is 486 g/mol. The Hall–Kier alpha value is -4.17. The predicted octanol–water partition coefficient (Wildman–Crippen LogP) is 10.4. The molecule has 2 aromatic heterocycles. The van der Waals surface area contributed by atoms with E-state index in [1.807, 2.05) is 6.20 Å². The van der Waals surface area contributed by atoms with Crippen molar-refractivity contribution in [2.24, 2.45) is 17.8 Å². The van der Waals surface area contributed by atoms with E-state index in [2.05, 4.69) is 103 Å². The molecule has 0 saturated heterocycles. The number of furan rings is 1. The van der Waals surface area contributed by atoms with Crippen LogP contribution in [0.25, 0.3) is 55.4 Å². The molecule has 3 aliphatic carbocycles. The van der Waals surface area contributed by atoms with Gasteiger partial charge in [0, 0.05) is 22.5 Å². The molecular formula is C38H33NO. The monoisotopic (exact) mass is 519 g/mol. The van der Waals surface area contributed by atoms with E-state index in [-0.39, 0.29) is 0 Å². The largest absolute Gasteiger partial charge is 0.455 e. The third kappa shape index (κ3) is 4.14. The van der Waals surface area contributed by atoms with Crippen LogP contribution < -0.4 is 0 Å². The number of benzene rings is 4. The van der Waals surface area contributed by atoms with E-state index < -0.39 is 0 Å². The van der Waals surface area contributed by atoms with Crippen LogP contribution in [0.1, 0.15) is 37.7 Å². The summed E-state index contributed by atoms with van der Waals surface area (Å²) in [5, 5.41) is 2.31. The maximum Gasteiger partial charge on any atom is 0.144 e. The lowest BCUT2D eigenvalue weighted by Gasteiger charge is -2.42. The summed E-state index contributed by atoms with van der Waals surface area (Å²) in [4.78, 5) is 4.84. The van der Waals surface area contributed by atoms with Crippen LogP contribution in [-0.4, -0.2) is 4.98 Å². The SMILES string of the molecule is c1ccc(-c2cccc(-c3cccc4oc5c(-c6cc(CC7CC8CCC7CC8)ccn6)cccc5c34)c2)cc1. The topological polar surface area (TPSA) is 26.0 Å². The van der Waals surface area contributed by atoms with Gasteiger partial charge in [-0.05, 0) is 102 Å². The van der Waals surface area contributed by atoms with Gasteiger partial charge in [0.1, 0.15) is 11.2 Å². The summed E-state index contributed by atoms with van der Waals surface area (Å²) >= 11 is 0. The first-order valence-electron chi connectivity index (χ1n) is 14.9. The standard InChI is InChI=1S/C38H33NO/c1-2-7-27(8-3-1)29-9-4-10-30(24-29)32-11-6-14-36-37(32)34-13-5-12-33(38(34)40-36)35-23-26(19-20-39-35)22-31-21-25-15-17-28(31)18-16-25/h1-14,19-20,23-25,28,31H,15-18,21-22H2. The highest BCUT2D eigenvalue weighted by Gasteiger charge is 2.35. The van der Waals surface area contributed by atoms with Crippen molar-refractivity contribution >= 4 is 21.9 Å². The van der Waals surface area contributed by atoms with Gasteiger partial charge in [0.25, 0.3) is 0 Å². The minimum atomic E-state index is 0.832. The number of para-hydroxylation sites is 1. The Bertz CT molecular complexity index is 1820. The van der Waals surface area contributed by atoms with E-state index in [1.54, 1.807) is 0 Å². The molecule has 0 radical (unpaired) electrons. The van der Waals surface area contributed by atoms with E-state index in [1.165, 1.54) is 71.7 Å². The number of hydrogen-bond acceptors (Lipinski definition) is 2. The second-order valence-corrected chi connectivity index (χ2v) is 11.9. The molecule has 196 valence electrons. The zero-order valence-electron chi connectivity index (χ0n) is 22.7. The Labute approximate surface area is 235 Å². The highest BCUT2D eigenvalue weighted by atomic mass is 16.3. The lowest BCUT2D eigenvalue weighted by atomic mass is 9.63. The van der Waals surface area contributed by atoms with Gasteiger partial charge in [-0.25, -0.2) is 0 Å². The van der Waals surface area contributed by atoms with Crippen molar-refractivity contribution in [3.63, 3.8) is 0 Å². The Kier molecular flexibility index (Phi) is 5.80. The van der Waals surface area contributed by atoms with E-state index in [0.717, 1.165) is 45.6 Å². The van der Waals surface area contributed by atoms with Gasteiger partial charge in [-0.2, -0.15) is 0 Å². The average molecular weight is 520 g/mol. The number of aromatic nitrogens is 1. The van der Waals surface area contributed by atoms with Crippen LogP contribution in [0.15, 0.2) is 114 Å². The molecule has 9 rings (SSSR count). The summed E-state index contributed by atoms with van der Waals surface area (Å²) in [5.41, 5.74) is 10.2. The summed E-state index contributed by atoms with van der Waals surface area (Å²) in [6.45, 7) is 0. The molecule has 0 aliphatic heterocycles. The van der Waals surface area contributed by atoms with Crippen LogP contribution in [0.5, 0.6) is 0 Å². The molecule has 2 heteroatoms. The van der Waals surface area contributed by atoms with Gasteiger partial charge in [-0.1, -0.05) is 85.6 Å². The maximum absolute atomic E-state index is 6.61. The molecule has 0 spiro atoms. The second kappa shape index (κ2) is 9.78. The van der Waals surface area contributed by atoms with Crippen LogP contribution in [-0.2, 0) is 6.42 Å². The molecule has 3 fully saturated rings. The van der Waals surface area contributed by atoms with Crippen molar-refractivity contribution in [1.82, 2.24) is 4.98 Å². The molecule has 2 bridgehead atoms. The minimum absolute atomic E-state index is 0.832. The molecule has 2 heterocycles. The number of hydrogen-bond donors (Lipinski definition) is 0. The summed E-state index contributed by atoms with van der Waals surface area (Å²) < 4.78 is 6.61. The molecule has 3 saturated carbocycles. The predicted molar refractivity (Wildman–Crippen MR) is 165 cm³/mol. The third-order valence-corrected chi connectivity index (χ3v) is 9.60. The van der Waals surface area contributed by atoms with Gasteiger partial charge in [0.05, 0.1) is 5.69 Å². The van der Waals surface area contributed by atoms with Gasteiger partial charge in [-0.3, -0.25) is 4.98 Å². The van der Waals surface area contributed by atoms with Crippen molar-refractivity contribution in [3.8, 4) is 33.5 Å². The van der Waals surface area contributed by atoms with Crippen molar-refractivity contribution in [2.75, 3.05) is 0 Å². The second-order valence-electron chi connectivity index (χ2n) is 11.9. The van der Waals surface area contributed by atoms with Gasteiger partial charge >= 0.3 is 0 Å². The lowest BCUT2D eigenvalue weighted by Crippen LogP contribution is -2.32. The van der Waals surface area contributed by atoms with Crippen LogP contribution in [0.3, 0.4) is 0 Å². The van der Waals surface area contributed by atoms with Crippen LogP contribution in [0.2, 0.25) is 0 Å². The number of pyridine rings is 1. The molecule has 4 aromatic carbocycles. The molecule has 2 nitrogen and oxygen atoms in total. The quantitative estimate of drug-likeness (QED) is 0.226. The molecule has 0 N–H and O–H groups in total. The van der Waals surface area contributed by atoms with E-state index in [4.69, 9.17) is 9.40 Å². The first-order chi connectivity index (χ1) is 19.8.